The van der Waals surface area contributed by atoms with Crippen molar-refractivity contribution in [3.8, 4) is 0 Å². The minimum absolute atomic E-state index is 0. The van der Waals surface area contributed by atoms with Gasteiger partial charge in [-0.05, 0) is 0 Å². The van der Waals surface area contributed by atoms with Crippen molar-refractivity contribution in [1.82, 2.24) is 0 Å². The normalized spacial score (nSPS) is 10.2. The molecular formula is C6H14MgO9-2. The second-order valence-electron chi connectivity index (χ2n) is 1.92. The molecule has 0 aliphatic heterocycles. The van der Waals surface area contributed by atoms with Crippen molar-refractivity contribution in [2.24, 2.45) is 0 Å². The average molecular weight is 254 g/mol. The Hall–Kier alpha value is -0.494. The van der Waals surface area contributed by atoms with Gasteiger partial charge in [-0.3, -0.25) is 0 Å². The largest absolute Gasteiger partial charge is 2.00 e. The van der Waals surface area contributed by atoms with Gasteiger partial charge in [-0.1, -0.05) is 26.1 Å². The Balaban J connectivity index is -0.0000000250. The number of carboxylic acids is 2. The fourth-order valence-corrected chi connectivity index (χ4v) is 0. The van der Waals surface area contributed by atoms with E-state index in [1.165, 1.54) is 0 Å². The molecule has 0 amide bonds. The van der Waals surface area contributed by atoms with Crippen LogP contribution >= 0.6 is 0 Å². The summed E-state index contributed by atoms with van der Waals surface area (Å²) in [6, 6.07) is 0. The van der Waals surface area contributed by atoms with E-state index < -0.39 is 24.1 Å². The number of carbonyl (C=O) groups excluding carboxylic acids is 2. The quantitative estimate of drug-likeness (QED) is 0.434. The summed E-state index contributed by atoms with van der Waals surface area (Å²) in [5, 5.41) is 37.7. The molecule has 0 radical (unpaired) electrons. The van der Waals surface area contributed by atoms with Crippen molar-refractivity contribution in [3.05, 3.63) is 0 Å². The van der Waals surface area contributed by atoms with Crippen molar-refractivity contribution >= 4 is 35.0 Å². The van der Waals surface area contributed by atoms with Crippen LogP contribution in [0.15, 0.2) is 0 Å². The maximum atomic E-state index is 9.56. The van der Waals surface area contributed by atoms with E-state index in [9.17, 15) is 30.0 Å². The molecule has 0 aromatic rings. The van der Waals surface area contributed by atoms with E-state index in [2.05, 4.69) is 0 Å². The summed E-state index contributed by atoms with van der Waals surface area (Å²) in [5.41, 5.74) is 0. The average Bonchev–Trinajstić information content (AvgIpc) is 1.88. The molecule has 10 heteroatoms. The minimum atomic E-state index is -1.59. The van der Waals surface area contributed by atoms with Crippen LogP contribution in [0.3, 0.4) is 0 Å². The van der Waals surface area contributed by atoms with E-state index in [4.69, 9.17) is 0 Å². The summed E-state index contributed by atoms with van der Waals surface area (Å²) in [6.45, 7) is 2.05. The van der Waals surface area contributed by atoms with Crippen LogP contribution in [0.5, 0.6) is 0 Å². The van der Waals surface area contributed by atoms with E-state index in [0.29, 0.717) is 0 Å². The van der Waals surface area contributed by atoms with Gasteiger partial charge in [0.15, 0.2) is 0 Å². The third kappa shape index (κ3) is 37.5. The third-order valence-electron chi connectivity index (χ3n) is 0.664. The molecule has 0 rings (SSSR count). The first-order valence-electron chi connectivity index (χ1n) is 3.02. The zero-order valence-corrected chi connectivity index (χ0v) is 10.2. The molecule has 2 unspecified atom stereocenters. The van der Waals surface area contributed by atoms with Crippen LogP contribution in [-0.4, -0.2) is 63.6 Å². The monoisotopic (exact) mass is 254 g/mol. The van der Waals surface area contributed by atoms with E-state index in [1.807, 2.05) is 0 Å². The van der Waals surface area contributed by atoms with Gasteiger partial charge in [0.25, 0.3) is 0 Å². The minimum Gasteiger partial charge on any atom is -0.848 e. The van der Waals surface area contributed by atoms with Gasteiger partial charge >= 0.3 is 23.1 Å². The summed E-state index contributed by atoms with van der Waals surface area (Å²) in [6.07, 6.45) is -3.19. The van der Waals surface area contributed by atoms with Crippen LogP contribution in [0, 0.1) is 0 Å². The molecule has 96 valence electrons. The van der Waals surface area contributed by atoms with Crippen molar-refractivity contribution in [1.29, 1.82) is 0 Å². The summed E-state index contributed by atoms with van der Waals surface area (Å²) < 4.78 is 0. The first-order valence-corrected chi connectivity index (χ1v) is 3.02. The van der Waals surface area contributed by atoms with Crippen LogP contribution in [0.1, 0.15) is 13.8 Å². The number of rotatable bonds is 2. The van der Waals surface area contributed by atoms with Crippen LogP contribution < -0.4 is 20.4 Å². The number of hydrogen-bond donors (Lipinski definition) is 0. The third-order valence-corrected chi connectivity index (χ3v) is 0.664. The zero-order valence-electron chi connectivity index (χ0n) is 8.81. The Morgan fingerprint density at radius 3 is 0.875 bits per heavy atom. The van der Waals surface area contributed by atoms with Gasteiger partial charge in [0.1, 0.15) is 0 Å². The molecule has 0 heterocycles. The summed E-state index contributed by atoms with van der Waals surface area (Å²) >= 11 is 0. The fourth-order valence-electron chi connectivity index (χ4n) is 0. The SMILES string of the molecule is CC([O-])C(=O)[O-].CC([O-])C(=O)[O-].O.O.O.[Mg+2]. The summed E-state index contributed by atoms with van der Waals surface area (Å²) in [7, 11) is 0. The zero-order chi connectivity index (χ0) is 10.3. The molecule has 0 saturated carbocycles. The van der Waals surface area contributed by atoms with E-state index in [1.54, 1.807) is 0 Å². The molecule has 0 aliphatic rings. The molecule has 0 fully saturated rings. The molecule has 0 spiro atoms. The predicted molar refractivity (Wildman–Crippen MR) is 45.5 cm³/mol. The Labute approximate surface area is 108 Å². The maximum Gasteiger partial charge on any atom is 2.00 e. The predicted octanol–water partition coefficient (Wildman–Crippen LogP) is -7.88. The Morgan fingerprint density at radius 2 is 0.875 bits per heavy atom. The fraction of sp³-hybridized carbons (Fsp3) is 0.667. The van der Waals surface area contributed by atoms with Crippen molar-refractivity contribution in [3.63, 3.8) is 0 Å². The van der Waals surface area contributed by atoms with Gasteiger partial charge < -0.3 is 46.4 Å². The number of aliphatic carboxylic acids is 2. The van der Waals surface area contributed by atoms with Crippen LogP contribution in [-0.2, 0) is 9.59 Å². The van der Waals surface area contributed by atoms with Gasteiger partial charge in [0, 0.05) is 11.9 Å². The topological polar surface area (TPSA) is 221 Å². The van der Waals surface area contributed by atoms with Crippen molar-refractivity contribution in [2.75, 3.05) is 0 Å². The van der Waals surface area contributed by atoms with Gasteiger partial charge in [0.2, 0.25) is 0 Å². The van der Waals surface area contributed by atoms with Crippen LogP contribution in [0.2, 0.25) is 0 Å². The molecule has 0 saturated heterocycles. The molecule has 0 aromatic carbocycles. The first kappa shape index (κ1) is 36.1. The second-order valence-corrected chi connectivity index (χ2v) is 1.92. The number of carbonyl (C=O) groups is 2. The van der Waals surface area contributed by atoms with Crippen LogP contribution in [0.4, 0.5) is 0 Å². The smallest absolute Gasteiger partial charge is 0.848 e. The summed E-state index contributed by atoms with van der Waals surface area (Å²) in [5.74, 6) is -3.09. The maximum absolute atomic E-state index is 9.56. The van der Waals surface area contributed by atoms with E-state index >= 15 is 0 Å². The molecule has 0 aromatic heterocycles. The Morgan fingerprint density at radius 1 is 0.812 bits per heavy atom. The Kier molecular flexibility index (Phi) is 45.1. The molecule has 2 atom stereocenters. The van der Waals surface area contributed by atoms with Crippen molar-refractivity contribution < 1.29 is 46.4 Å². The van der Waals surface area contributed by atoms with Crippen molar-refractivity contribution in [2.45, 2.75) is 26.1 Å². The molecule has 0 bridgehead atoms. The number of hydrogen-bond acceptors (Lipinski definition) is 6. The van der Waals surface area contributed by atoms with Gasteiger partial charge in [-0.2, -0.15) is 0 Å². The van der Waals surface area contributed by atoms with E-state index in [-0.39, 0.29) is 39.5 Å². The van der Waals surface area contributed by atoms with Gasteiger partial charge in [-0.25, -0.2) is 0 Å². The van der Waals surface area contributed by atoms with E-state index in [0.717, 1.165) is 13.8 Å². The second kappa shape index (κ2) is 20.0. The Bertz CT molecular complexity index is 140. The molecule has 6 N–H and O–H groups in total. The summed E-state index contributed by atoms with van der Waals surface area (Å²) in [4.78, 5) is 18.6. The molecule has 9 nitrogen and oxygen atoms in total. The molecule has 0 aliphatic carbocycles. The molecular weight excluding hydrogens is 240 g/mol. The first-order chi connectivity index (χ1) is 5.29. The van der Waals surface area contributed by atoms with Crippen LogP contribution in [0.25, 0.3) is 0 Å². The van der Waals surface area contributed by atoms with Gasteiger partial charge in [0.05, 0.1) is 0 Å². The standard InChI is InChI=1S/2C3H5O3.Mg.3H2O/c2*1-2(4)3(5)6;;;;/h2*2H,1H3,(H,5,6);;3*1H2/q2*-1;+2;;;/p-2. The number of carboxylic acid groups (broad SMARTS) is 2. The molecule has 16 heavy (non-hydrogen) atoms. The van der Waals surface area contributed by atoms with Gasteiger partial charge in [-0.15, -0.1) is 0 Å².